The van der Waals surface area contributed by atoms with Crippen LogP contribution in [0.15, 0.2) is 89.1 Å². The van der Waals surface area contributed by atoms with Crippen LogP contribution in [0.1, 0.15) is 10.4 Å². The first kappa shape index (κ1) is 17.4. The number of azo groups is 1. The van der Waals surface area contributed by atoms with Crippen LogP contribution in [0, 0.1) is 0 Å². The molecule has 0 fully saturated rings. The zero-order valence-corrected chi connectivity index (χ0v) is 15.8. The highest BCUT2D eigenvalue weighted by Gasteiger charge is 2.22. The number of aromatic nitrogens is 1. The Morgan fingerprint density at radius 3 is 2.24 bits per heavy atom. The number of hydrogen-bond donors (Lipinski definition) is 1. The zero-order chi connectivity index (χ0) is 20.0. The molecule has 2 heterocycles. The average molecular weight is 400 g/mol. The predicted molar refractivity (Wildman–Crippen MR) is 114 cm³/mol. The lowest BCUT2D eigenvalue weighted by Gasteiger charge is -2.11. The van der Waals surface area contributed by atoms with Gasteiger partial charge in [0.25, 0.3) is 5.91 Å². The Balaban J connectivity index is 1.70. The fraction of sp³-hybridized carbons (Fsp3) is 0. The van der Waals surface area contributed by atoms with Crippen molar-refractivity contribution in [2.45, 2.75) is 0 Å². The molecular formula is C23H14ClN3O2. The third-order valence-corrected chi connectivity index (χ3v) is 5.22. The number of aromatic hydroxyl groups is 1. The number of phenols is 1. The summed E-state index contributed by atoms with van der Waals surface area (Å²) in [6.07, 6.45) is 0. The Hall–Kier alpha value is -3.70. The molecule has 3 aromatic carbocycles. The molecule has 0 aliphatic rings. The van der Waals surface area contributed by atoms with E-state index in [1.807, 2.05) is 48.5 Å². The van der Waals surface area contributed by atoms with Crippen molar-refractivity contribution in [3.05, 3.63) is 89.4 Å². The summed E-state index contributed by atoms with van der Waals surface area (Å²) in [5.41, 5.74) is 2.42. The van der Waals surface area contributed by atoms with Gasteiger partial charge in [0.05, 0.1) is 10.6 Å². The van der Waals surface area contributed by atoms with Crippen molar-refractivity contribution in [2.75, 3.05) is 0 Å². The number of carbonyl (C=O) groups is 1. The molecular weight excluding hydrogens is 386 g/mol. The van der Waals surface area contributed by atoms with Gasteiger partial charge in [-0.15, -0.1) is 10.2 Å². The van der Waals surface area contributed by atoms with Gasteiger partial charge in [0.15, 0.2) is 5.75 Å². The van der Waals surface area contributed by atoms with E-state index < -0.39 is 0 Å². The number of carbonyl (C=O) groups excluding carboxylic acids is 1. The minimum Gasteiger partial charge on any atom is -0.505 e. The molecule has 0 atom stereocenters. The van der Waals surface area contributed by atoms with Crippen molar-refractivity contribution < 1.29 is 9.90 Å². The first-order chi connectivity index (χ1) is 14.1. The summed E-state index contributed by atoms with van der Waals surface area (Å²) in [4.78, 5) is 13.2. The topological polar surface area (TPSA) is 66.9 Å². The third-order valence-electron chi connectivity index (χ3n) is 4.90. The standard InChI is InChI=1S/C23H14ClN3O2/c24-19-7-3-4-8-20(19)25-26-21-17-6-2-1-5-14(17)13-18(22(21)28)23(29)27-15-9-10-16(27)12-11-15/h1-13,28H. The van der Waals surface area contributed by atoms with Crippen LogP contribution in [0.25, 0.3) is 21.8 Å². The van der Waals surface area contributed by atoms with Gasteiger partial charge in [-0.2, -0.15) is 0 Å². The highest BCUT2D eigenvalue weighted by atomic mass is 35.5. The molecule has 0 unspecified atom stereocenters. The predicted octanol–water partition coefficient (Wildman–Crippen LogP) is 6.70. The third kappa shape index (κ3) is 2.83. The molecule has 5 aromatic rings. The SMILES string of the molecule is O=C(c1cc2ccccc2c(N=Nc2ccccc2Cl)c1O)n1c2ccc1cc2. The number of hydrogen-bond acceptors (Lipinski definition) is 4. The molecule has 2 bridgehead atoms. The molecule has 29 heavy (non-hydrogen) atoms. The lowest BCUT2D eigenvalue weighted by Crippen LogP contribution is -2.10. The second-order valence-corrected chi connectivity index (χ2v) is 7.06. The van der Waals surface area contributed by atoms with Crippen molar-refractivity contribution >= 4 is 50.7 Å². The van der Waals surface area contributed by atoms with Gasteiger partial charge in [-0.1, -0.05) is 48.0 Å². The minimum atomic E-state index is -0.317. The normalized spacial score (nSPS) is 11.8. The molecule has 0 amide bonds. The molecule has 0 saturated carbocycles. The van der Waals surface area contributed by atoms with Crippen molar-refractivity contribution in [1.82, 2.24) is 4.57 Å². The molecule has 6 heteroatoms. The smallest absolute Gasteiger partial charge is 0.266 e. The molecule has 5 rings (SSSR count). The number of fused-ring (bicyclic) bond motifs is 3. The number of halogens is 1. The molecule has 0 aliphatic carbocycles. The average Bonchev–Trinajstić information content (AvgIpc) is 3.34. The number of rotatable bonds is 3. The van der Waals surface area contributed by atoms with Gasteiger partial charge >= 0.3 is 0 Å². The summed E-state index contributed by atoms with van der Waals surface area (Å²) in [5, 5.41) is 21.4. The summed E-state index contributed by atoms with van der Waals surface area (Å²) in [5.74, 6) is -0.528. The second-order valence-electron chi connectivity index (χ2n) is 6.65. The maximum Gasteiger partial charge on any atom is 0.266 e. The van der Waals surface area contributed by atoms with E-state index in [0.29, 0.717) is 16.1 Å². The minimum absolute atomic E-state index is 0.166. The fourth-order valence-corrected chi connectivity index (χ4v) is 3.65. The summed E-state index contributed by atoms with van der Waals surface area (Å²) in [6.45, 7) is 0. The summed E-state index contributed by atoms with van der Waals surface area (Å²) in [6, 6.07) is 23.6. The molecule has 0 radical (unpaired) electrons. The Morgan fingerprint density at radius 2 is 1.52 bits per heavy atom. The van der Waals surface area contributed by atoms with E-state index in [2.05, 4.69) is 10.2 Å². The highest BCUT2D eigenvalue weighted by molar-refractivity contribution is 6.32. The van der Waals surface area contributed by atoms with E-state index in [1.54, 1.807) is 34.9 Å². The number of phenolic OH excluding ortho intramolecular Hbond substituents is 1. The first-order valence-corrected chi connectivity index (χ1v) is 9.37. The van der Waals surface area contributed by atoms with Crippen LogP contribution in [-0.2, 0) is 0 Å². The van der Waals surface area contributed by atoms with Gasteiger partial charge in [0.1, 0.15) is 11.4 Å². The second kappa shape index (κ2) is 6.72. The molecule has 1 N–H and O–H groups in total. The van der Waals surface area contributed by atoms with Crippen LogP contribution < -0.4 is 0 Å². The number of nitrogens with zero attached hydrogens (tertiary/aromatic N) is 3. The Bertz CT molecular complexity index is 1360. The van der Waals surface area contributed by atoms with Crippen LogP contribution in [0.4, 0.5) is 11.4 Å². The lowest BCUT2D eigenvalue weighted by atomic mass is 10.0. The van der Waals surface area contributed by atoms with Crippen molar-refractivity contribution in [3.8, 4) is 5.75 Å². The van der Waals surface area contributed by atoms with E-state index in [4.69, 9.17) is 11.6 Å². The molecule has 2 aromatic heterocycles. The molecule has 140 valence electrons. The Morgan fingerprint density at radius 1 is 0.862 bits per heavy atom. The van der Waals surface area contributed by atoms with Crippen molar-refractivity contribution in [3.63, 3.8) is 0 Å². The zero-order valence-electron chi connectivity index (χ0n) is 15.1. The van der Waals surface area contributed by atoms with Gasteiger partial charge in [0.2, 0.25) is 0 Å². The van der Waals surface area contributed by atoms with Gasteiger partial charge in [0, 0.05) is 16.4 Å². The van der Waals surface area contributed by atoms with Crippen LogP contribution >= 0.6 is 11.6 Å². The van der Waals surface area contributed by atoms with Gasteiger partial charge in [-0.3, -0.25) is 9.36 Å². The van der Waals surface area contributed by atoms with Gasteiger partial charge in [-0.25, -0.2) is 0 Å². The first-order valence-electron chi connectivity index (χ1n) is 8.99. The summed E-state index contributed by atoms with van der Waals surface area (Å²) in [7, 11) is 0. The summed E-state index contributed by atoms with van der Waals surface area (Å²) >= 11 is 6.16. The molecule has 0 saturated heterocycles. The number of benzene rings is 4. The highest BCUT2D eigenvalue weighted by Crippen LogP contribution is 2.40. The van der Waals surface area contributed by atoms with Crippen molar-refractivity contribution in [1.29, 1.82) is 0 Å². The van der Waals surface area contributed by atoms with Crippen LogP contribution in [0.5, 0.6) is 5.75 Å². The van der Waals surface area contributed by atoms with E-state index in [1.165, 1.54) is 0 Å². The maximum absolute atomic E-state index is 13.2. The largest absolute Gasteiger partial charge is 0.505 e. The quantitative estimate of drug-likeness (QED) is 0.343. The lowest BCUT2D eigenvalue weighted by molar-refractivity contribution is 0.0967. The van der Waals surface area contributed by atoms with Crippen LogP contribution in [-0.4, -0.2) is 15.6 Å². The molecule has 0 spiro atoms. The van der Waals surface area contributed by atoms with E-state index in [9.17, 15) is 9.90 Å². The van der Waals surface area contributed by atoms with Gasteiger partial charge < -0.3 is 5.11 Å². The monoisotopic (exact) mass is 399 g/mol. The maximum atomic E-state index is 13.2. The van der Waals surface area contributed by atoms with E-state index in [0.717, 1.165) is 16.4 Å². The fourth-order valence-electron chi connectivity index (χ4n) is 3.47. The van der Waals surface area contributed by atoms with Crippen LogP contribution in [0.3, 0.4) is 0 Å². The molecule has 0 aliphatic heterocycles. The van der Waals surface area contributed by atoms with E-state index >= 15 is 0 Å². The van der Waals surface area contributed by atoms with E-state index in [-0.39, 0.29) is 22.9 Å². The van der Waals surface area contributed by atoms with Crippen LogP contribution in [0.2, 0.25) is 5.02 Å². The molecule has 5 nitrogen and oxygen atoms in total. The summed E-state index contributed by atoms with van der Waals surface area (Å²) < 4.78 is 1.57. The van der Waals surface area contributed by atoms with Crippen molar-refractivity contribution in [2.24, 2.45) is 10.2 Å². The Kier molecular flexibility index (Phi) is 4.03. The Labute approximate surface area is 170 Å². The van der Waals surface area contributed by atoms with Gasteiger partial charge in [-0.05, 0) is 47.9 Å².